The predicted molar refractivity (Wildman–Crippen MR) is 68.0 cm³/mol. The minimum Gasteiger partial charge on any atom is -0.870 e. The van der Waals surface area contributed by atoms with Crippen LogP contribution in [0, 0.1) is 0 Å². The Bertz CT molecular complexity index is 364. The summed E-state index contributed by atoms with van der Waals surface area (Å²) in [6, 6.07) is 0. The fourth-order valence-electron chi connectivity index (χ4n) is 1.34. The average molecular weight is 282 g/mol. The molecule has 0 bridgehead atoms. The second-order valence-electron chi connectivity index (χ2n) is 4.52. The van der Waals surface area contributed by atoms with Crippen molar-refractivity contribution in [2.24, 2.45) is 0 Å². The van der Waals surface area contributed by atoms with Crippen LogP contribution in [0.2, 0.25) is 0 Å². The van der Waals surface area contributed by atoms with E-state index in [1.54, 1.807) is 0 Å². The van der Waals surface area contributed by atoms with Gasteiger partial charge in [-0.05, 0) is 6.08 Å². The Balaban J connectivity index is 0. The van der Waals surface area contributed by atoms with Crippen LogP contribution in [-0.2, 0) is 14.9 Å². The second-order valence-corrected chi connectivity index (χ2v) is 6.09. The van der Waals surface area contributed by atoms with Crippen molar-refractivity contribution in [2.75, 3.05) is 39.5 Å². The summed E-state index contributed by atoms with van der Waals surface area (Å²) < 4.78 is 30.2. The molecule has 0 unspecified atom stereocenters. The van der Waals surface area contributed by atoms with E-state index in [4.69, 9.17) is 4.55 Å². The van der Waals surface area contributed by atoms with Crippen LogP contribution in [0.25, 0.3) is 0 Å². The number of amides is 1. The zero-order valence-corrected chi connectivity index (χ0v) is 11.6. The van der Waals surface area contributed by atoms with Crippen LogP contribution in [0.15, 0.2) is 12.7 Å². The number of nitrogens with zero attached hydrogens (tertiary/aromatic N) is 1. The van der Waals surface area contributed by atoms with E-state index in [9.17, 15) is 13.2 Å². The van der Waals surface area contributed by atoms with Gasteiger partial charge in [-0.3, -0.25) is 9.35 Å². The van der Waals surface area contributed by atoms with Crippen LogP contribution in [-0.4, -0.2) is 68.3 Å². The van der Waals surface area contributed by atoms with Crippen LogP contribution >= 0.6 is 0 Å². The average Bonchev–Trinajstić information content (AvgIpc) is 2.14. The number of hydrogen-bond donors (Lipinski definition) is 2. The fourth-order valence-corrected chi connectivity index (χ4v) is 1.83. The van der Waals surface area contributed by atoms with Crippen molar-refractivity contribution in [2.45, 2.75) is 6.42 Å². The highest BCUT2D eigenvalue weighted by Crippen LogP contribution is 2.00. The van der Waals surface area contributed by atoms with E-state index in [0.29, 0.717) is 30.5 Å². The van der Waals surface area contributed by atoms with Gasteiger partial charge in [-0.15, -0.1) is 0 Å². The maximum atomic E-state index is 10.9. The van der Waals surface area contributed by atoms with Crippen molar-refractivity contribution in [3.63, 3.8) is 0 Å². The van der Waals surface area contributed by atoms with Crippen molar-refractivity contribution in [3.05, 3.63) is 12.7 Å². The molecule has 0 spiro atoms. The third-order valence-corrected chi connectivity index (χ3v) is 3.17. The van der Waals surface area contributed by atoms with E-state index in [0.717, 1.165) is 0 Å². The summed E-state index contributed by atoms with van der Waals surface area (Å²) in [7, 11) is -0.00828. The van der Waals surface area contributed by atoms with Gasteiger partial charge in [0.1, 0.15) is 0 Å². The molecule has 8 heteroatoms. The van der Waals surface area contributed by atoms with Crippen molar-refractivity contribution >= 4 is 16.0 Å². The third-order valence-electron chi connectivity index (χ3n) is 2.37. The summed E-state index contributed by atoms with van der Waals surface area (Å²) in [5.41, 5.74) is 0. The molecule has 0 aromatic rings. The van der Waals surface area contributed by atoms with E-state index in [-0.39, 0.29) is 17.1 Å². The normalized spacial score (nSPS) is 11.5. The summed E-state index contributed by atoms with van der Waals surface area (Å²) in [5.74, 6) is -0.448. The van der Waals surface area contributed by atoms with Crippen LogP contribution in [0.5, 0.6) is 0 Å². The molecule has 0 fully saturated rings. The van der Waals surface area contributed by atoms with E-state index in [1.807, 2.05) is 14.1 Å². The molecule has 18 heavy (non-hydrogen) atoms. The van der Waals surface area contributed by atoms with Gasteiger partial charge >= 0.3 is 0 Å². The summed E-state index contributed by atoms with van der Waals surface area (Å²) in [6.45, 7) is 5.14. The van der Waals surface area contributed by atoms with E-state index >= 15 is 0 Å². The van der Waals surface area contributed by atoms with E-state index in [2.05, 4.69) is 11.9 Å². The van der Waals surface area contributed by atoms with Gasteiger partial charge in [-0.2, -0.15) is 8.42 Å². The number of carbonyl (C=O) groups is 1. The molecule has 0 heterocycles. The zero-order chi connectivity index (χ0) is 13.5. The Morgan fingerprint density at radius 3 is 2.39 bits per heavy atom. The molecule has 0 aliphatic carbocycles. The lowest BCUT2D eigenvalue weighted by Gasteiger charge is -2.29. The van der Waals surface area contributed by atoms with Gasteiger partial charge in [0.05, 0.1) is 39.5 Å². The van der Waals surface area contributed by atoms with E-state index in [1.165, 1.54) is 6.08 Å². The third kappa shape index (κ3) is 11.5. The molecule has 1 amide bonds. The smallest absolute Gasteiger partial charge is 0.265 e. The van der Waals surface area contributed by atoms with Gasteiger partial charge in [-0.1, -0.05) is 6.58 Å². The molecule has 0 saturated carbocycles. The number of rotatable bonds is 8. The summed E-state index contributed by atoms with van der Waals surface area (Å²) >= 11 is 0. The molecule has 0 radical (unpaired) electrons. The topological polar surface area (TPSA) is 113 Å². The highest BCUT2D eigenvalue weighted by atomic mass is 32.2. The van der Waals surface area contributed by atoms with Crippen molar-refractivity contribution in [1.82, 2.24) is 5.32 Å². The molecular formula is C10H22N2O5S. The van der Waals surface area contributed by atoms with Crippen LogP contribution in [0.1, 0.15) is 6.42 Å². The lowest BCUT2D eigenvalue weighted by molar-refractivity contribution is -0.889. The highest BCUT2D eigenvalue weighted by molar-refractivity contribution is 7.85. The molecule has 7 nitrogen and oxygen atoms in total. The molecule has 0 aromatic carbocycles. The van der Waals surface area contributed by atoms with Crippen LogP contribution in [0.3, 0.4) is 0 Å². The maximum Gasteiger partial charge on any atom is 0.265 e. The molecule has 108 valence electrons. The fraction of sp³-hybridized carbons (Fsp3) is 0.700. The van der Waals surface area contributed by atoms with Crippen molar-refractivity contribution < 1.29 is 27.7 Å². The maximum absolute atomic E-state index is 10.9. The molecule has 0 saturated heterocycles. The first-order valence-electron chi connectivity index (χ1n) is 5.34. The van der Waals surface area contributed by atoms with Gasteiger partial charge in [0.25, 0.3) is 10.1 Å². The predicted octanol–water partition coefficient (Wildman–Crippen LogP) is -0.534. The number of carbonyl (C=O) groups excluding carboxylic acids is 1. The van der Waals surface area contributed by atoms with Gasteiger partial charge in [0, 0.05) is 6.42 Å². The summed E-state index contributed by atoms with van der Waals surface area (Å²) in [6.07, 6.45) is 1.60. The lowest BCUT2D eigenvalue weighted by Crippen LogP contribution is -2.46. The zero-order valence-electron chi connectivity index (χ0n) is 10.8. The molecule has 0 aliphatic heterocycles. The van der Waals surface area contributed by atoms with Crippen molar-refractivity contribution in [1.29, 1.82) is 0 Å². The Hall–Kier alpha value is -0.960. The highest BCUT2D eigenvalue weighted by Gasteiger charge is 2.16. The van der Waals surface area contributed by atoms with Crippen LogP contribution in [0.4, 0.5) is 0 Å². The Labute approximate surface area is 108 Å². The molecule has 0 rings (SSSR count). The number of likely N-dealkylation sites (N-methyl/N-ethyl adjacent to an activating group) is 1. The quantitative estimate of drug-likeness (QED) is 0.353. The lowest BCUT2D eigenvalue weighted by atomic mass is 10.3. The largest absolute Gasteiger partial charge is 0.870 e. The Morgan fingerprint density at radius 2 is 1.94 bits per heavy atom. The molecule has 0 aromatic heterocycles. The van der Waals surface area contributed by atoms with Gasteiger partial charge in [0.15, 0.2) is 0 Å². The Kier molecular flexibility index (Phi) is 8.83. The summed E-state index contributed by atoms with van der Waals surface area (Å²) in [4.78, 5) is 10.9. The van der Waals surface area contributed by atoms with Crippen LogP contribution < -0.4 is 5.32 Å². The molecular weight excluding hydrogens is 260 g/mol. The van der Waals surface area contributed by atoms with Gasteiger partial charge in [0.2, 0.25) is 5.91 Å². The minimum atomic E-state index is -3.88. The second kappa shape index (κ2) is 8.20. The molecule has 3 N–H and O–H groups in total. The number of hydrogen-bond acceptors (Lipinski definition) is 4. The first-order chi connectivity index (χ1) is 7.66. The van der Waals surface area contributed by atoms with Gasteiger partial charge < -0.3 is 15.3 Å². The number of nitrogens with one attached hydrogen (secondary N) is 1. The molecule has 0 atom stereocenters. The monoisotopic (exact) mass is 282 g/mol. The first-order valence-corrected chi connectivity index (χ1v) is 6.95. The summed E-state index contributed by atoms with van der Waals surface area (Å²) in [5, 5.41) is 2.65. The SMILES string of the molecule is C=CC(=O)NCC[N+](C)(C)CCCS(=O)(=O)O.[OH-]. The Morgan fingerprint density at radius 1 is 1.39 bits per heavy atom. The first kappa shape index (κ1) is 19.4. The van der Waals surface area contributed by atoms with Gasteiger partial charge in [-0.25, -0.2) is 0 Å². The number of quaternary nitrogens is 1. The molecule has 0 aliphatic rings. The standard InChI is InChI=1S/C10H20N2O4S.H2O/c1-4-10(13)11-6-8-12(2,3)7-5-9-17(14,15)16;/h4H,1,5-9H2,2-3H3,(H-,11,13,14,15,16);1H2. The van der Waals surface area contributed by atoms with Crippen molar-refractivity contribution in [3.8, 4) is 0 Å². The van der Waals surface area contributed by atoms with E-state index < -0.39 is 10.1 Å². The minimum absolute atomic E-state index is 0.